The quantitative estimate of drug-likeness (QED) is 0.597. The summed E-state index contributed by atoms with van der Waals surface area (Å²) >= 11 is 0. The molecular formula is C12H9OP. The topological polar surface area (TPSA) is 17.1 Å². The number of benzene rings is 2. The molecular weight excluding hydrogens is 191 g/mol. The van der Waals surface area contributed by atoms with E-state index in [1.165, 1.54) is 5.39 Å². The summed E-state index contributed by atoms with van der Waals surface area (Å²) in [5, 5.41) is 3.35. The first kappa shape index (κ1) is 8.02. The van der Waals surface area contributed by atoms with Crippen molar-refractivity contribution in [2.75, 3.05) is 0 Å². The Kier molecular flexibility index (Phi) is 1.62. The maximum absolute atomic E-state index is 11.8. The fraction of sp³-hybridized carbons (Fsp3) is 0. The molecule has 0 bridgehead atoms. The molecule has 1 aliphatic rings. The van der Waals surface area contributed by atoms with Gasteiger partial charge in [0.15, 0.2) is 0 Å². The van der Waals surface area contributed by atoms with Crippen LogP contribution in [-0.2, 0) is 4.57 Å². The Bertz CT molecular complexity index is 570. The molecule has 0 aliphatic carbocycles. The molecule has 0 aromatic heterocycles. The number of fused-ring (bicyclic) bond motifs is 3. The first-order chi connectivity index (χ1) is 6.86. The Balaban J connectivity index is 2.50. The number of hydrogen-bond acceptors (Lipinski definition) is 1. The van der Waals surface area contributed by atoms with Gasteiger partial charge in [-0.1, -0.05) is 42.5 Å². The van der Waals surface area contributed by atoms with Gasteiger partial charge in [0.1, 0.15) is 7.80 Å². The minimum Gasteiger partial charge on any atom is -0.318 e. The average molecular weight is 200 g/mol. The Morgan fingerprint density at radius 2 is 1.86 bits per heavy atom. The van der Waals surface area contributed by atoms with Crippen molar-refractivity contribution in [3.8, 4) is 0 Å². The lowest BCUT2D eigenvalue weighted by molar-refractivity contribution is 0.598. The second-order valence-corrected chi connectivity index (χ2v) is 5.01. The SMILES string of the molecule is O=[PH]1C=Cc2ccc3ccccc3c21. The monoisotopic (exact) mass is 200 g/mol. The van der Waals surface area contributed by atoms with E-state index in [2.05, 4.69) is 12.1 Å². The Hall–Kier alpha value is -1.33. The lowest BCUT2D eigenvalue weighted by Crippen LogP contribution is -1.98. The second kappa shape index (κ2) is 2.83. The van der Waals surface area contributed by atoms with E-state index in [9.17, 15) is 4.57 Å². The molecule has 0 radical (unpaired) electrons. The highest BCUT2D eigenvalue weighted by Gasteiger charge is 2.14. The second-order valence-electron chi connectivity index (χ2n) is 3.45. The van der Waals surface area contributed by atoms with Crippen molar-refractivity contribution in [2.24, 2.45) is 0 Å². The van der Waals surface area contributed by atoms with E-state index >= 15 is 0 Å². The zero-order valence-corrected chi connectivity index (χ0v) is 8.53. The molecule has 1 aliphatic heterocycles. The Morgan fingerprint density at radius 3 is 2.79 bits per heavy atom. The van der Waals surface area contributed by atoms with Gasteiger partial charge < -0.3 is 4.57 Å². The van der Waals surface area contributed by atoms with Crippen LogP contribution in [0.15, 0.2) is 42.2 Å². The van der Waals surface area contributed by atoms with Crippen LogP contribution in [0.1, 0.15) is 5.56 Å². The van der Waals surface area contributed by atoms with Gasteiger partial charge in [-0.2, -0.15) is 0 Å². The van der Waals surface area contributed by atoms with Crippen LogP contribution in [0.4, 0.5) is 0 Å². The highest BCUT2D eigenvalue weighted by atomic mass is 31.1. The van der Waals surface area contributed by atoms with Crippen LogP contribution >= 0.6 is 7.80 Å². The molecule has 0 saturated heterocycles. The third-order valence-corrected chi connectivity index (χ3v) is 4.14. The summed E-state index contributed by atoms with van der Waals surface area (Å²) in [5.41, 5.74) is 1.12. The lowest BCUT2D eigenvalue weighted by Gasteiger charge is -2.03. The van der Waals surface area contributed by atoms with Crippen LogP contribution in [0.25, 0.3) is 16.8 Å². The summed E-state index contributed by atoms with van der Waals surface area (Å²) in [6, 6.07) is 12.2. The van der Waals surface area contributed by atoms with Crippen molar-refractivity contribution in [3.63, 3.8) is 0 Å². The van der Waals surface area contributed by atoms with E-state index < -0.39 is 7.80 Å². The van der Waals surface area contributed by atoms with E-state index in [0.29, 0.717) is 0 Å². The van der Waals surface area contributed by atoms with Crippen LogP contribution in [0.2, 0.25) is 0 Å². The van der Waals surface area contributed by atoms with Gasteiger partial charge in [-0.3, -0.25) is 0 Å². The molecule has 0 saturated carbocycles. The van der Waals surface area contributed by atoms with Crippen LogP contribution in [0, 0.1) is 0 Å². The molecule has 1 atom stereocenters. The van der Waals surface area contributed by atoms with Gasteiger partial charge in [0.2, 0.25) is 0 Å². The fourth-order valence-corrected chi connectivity index (χ4v) is 3.39. The van der Waals surface area contributed by atoms with Gasteiger partial charge in [-0.15, -0.1) is 0 Å². The average Bonchev–Trinajstić information content (AvgIpc) is 2.61. The highest BCUT2D eigenvalue weighted by Crippen LogP contribution is 2.35. The molecule has 68 valence electrons. The zero-order chi connectivity index (χ0) is 9.54. The molecule has 0 N–H and O–H groups in total. The van der Waals surface area contributed by atoms with Crippen molar-refractivity contribution in [1.82, 2.24) is 0 Å². The Labute approximate surface area is 82.9 Å². The summed E-state index contributed by atoms with van der Waals surface area (Å²) in [4.78, 5) is 0. The third-order valence-electron chi connectivity index (χ3n) is 2.62. The van der Waals surface area contributed by atoms with Gasteiger partial charge in [0.25, 0.3) is 0 Å². The molecule has 3 rings (SSSR count). The van der Waals surface area contributed by atoms with Gasteiger partial charge in [-0.25, -0.2) is 0 Å². The largest absolute Gasteiger partial charge is 0.318 e. The summed E-state index contributed by atoms with van der Waals surface area (Å²) in [5.74, 6) is 1.82. The maximum atomic E-state index is 11.8. The van der Waals surface area contributed by atoms with E-state index in [0.717, 1.165) is 16.3 Å². The molecule has 2 aromatic rings. The summed E-state index contributed by atoms with van der Waals surface area (Å²) in [6.45, 7) is 0. The molecule has 0 fully saturated rings. The van der Waals surface area contributed by atoms with E-state index in [4.69, 9.17) is 0 Å². The summed E-state index contributed by atoms with van der Waals surface area (Å²) in [7, 11) is -1.67. The summed E-state index contributed by atoms with van der Waals surface area (Å²) < 4.78 is 11.8. The van der Waals surface area contributed by atoms with E-state index in [-0.39, 0.29) is 0 Å². The van der Waals surface area contributed by atoms with Crippen molar-refractivity contribution >= 4 is 30.0 Å². The first-order valence-electron chi connectivity index (χ1n) is 4.60. The molecule has 0 amide bonds. The molecule has 1 unspecified atom stereocenters. The number of hydrogen-bond donors (Lipinski definition) is 0. The van der Waals surface area contributed by atoms with Gasteiger partial charge in [0, 0.05) is 5.30 Å². The zero-order valence-electron chi connectivity index (χ0n) is 7.53. The first-order valence-corrected chi connectivity index (χ1v) is 6.09. The van der Waals surface area contributed by atoms with Gasteiger partial charge in [-0.05, 0) is 22.2 Å². The molecule has 14 heavy (non-hydrogen) atoms. The minimum absolute atomic E-state index is 1.04. The van der Waals surface area contributed by atoms with Crippen LogP contribution in [-0.4, -0.2) is 0 Å². The maximum Gasteiger partial charge on any atom is 0.126 e. The highest BCUT2D eigenvalue weighted by molar-refractivity contribution is 7.58. The van der Waals surface area contributed by atoms with Crippen LogP contribution < -0.4 is 5.30 Å². The van der Waals surface area contributed by atoms with Crippen molar-refractivity contribution in [3.05, 3.63) is 47.8 Å². The lowest BCUT2D eigenvalue weighted by atomic mass is 10.1. The normalized spacial score (nSPS) is 18.7. The van der Waals surface area contributed by atoms with Crippen molar-refractivity contribution < 1.29 is 4.57 Å². The molecule has 0 spiro atoms. The van der Waals surface area contributed by atoms with Crippen molar-refractivity contribution in [2.45, 2.75) is 0 Å². The predicted octanol–water partition coefficient (Wildman–Crippen LogP) is 3.01. The van der Waals surface area contributed by atoms with Gasteiger partial charge in [0.05, 0.1) is 0 Å². The minimum atomic E-state index is -1.67. The molecule has 2 aromatic carbocycles. The third kappa shape index (κ3) is 0.995. The number of rotatable bonds is 0. The van der Waals surface area contributed by atoms with Crippen LogP contribution in [0.5, 0.6) is 0 Å². The fourth-order valence-electron chi connectivity index (χ4n) is 1.95. The Morgan fingerprint density at radius 1 is 1.00 bits per heavy atom. The van der Waals surface area contributed by atoms with Crippen LogP contribution in [0.3, 0.4) is 0 Å². The van der Waals surface area contributed by atoms with Gasteiger partial charge >= 0.3 is 0 Å². The van der Waals surface area contributed by atoms with Crippen molar-refractivity contribution in [1.29, 1.82) is 0 Å². The summed E-state index contributed by atoms with van der Waals surface area (Å²) in [6.07, 6.45) is 1.96. The molecule has 2 heteroatoms. The van der Waals surface area contributed by atoms with E-state index in [1.807, 2.05) is 36.2 Å². The standard InChI is InChI=1S/C12H9OP/c13-14-8-7-10-6-5-9-3-1-2-4-11(9)12(10)14/h1-8,14H. The molecule has 1 heterocycles. The predicted molar refractivity (Wildman–Crippen MR) is 61.6 cm³/mol. The molecule has 1 nitrogen and oxygen atoms in total. The smallest absolute Gasteiger partial charge is 0.126 e. The van der Waals surface area contributed by atoms with E-state index in [1.54, 1.807) is 0 Å².